The molecule has 1 unspecified atom stereocenters. The van der Waals surface area contributed by atoms with Gasteiger partial charge in [-0.3, -0.25) is 4.79 Å². The fraction of sp³-hybridized carbons (Fsp3) is 0.364. The van der Waals surface area contributed by atoms with Crippen LogP contribution in [0.2, 0.25) is 5.02 Å². The van der Waals surface area contributed by atoms with Gasteiger partial charge in [-0.15, -0.1) is 0 Å². The fourth-order valence-electron chi connectivity index (χ4n) is 4.47. The Balaban J connectivity index is 1.69. The zero-order valence-corrected chi connectivity index (χ0v) is 17.0. The normalized spacial score (nSPS) is 21.6. The quantitative estimate of drug-likeness (QED) is 0.795. The molecule has 0 aromatic heterocycles. The van der Waals surface area contributed by atoms with E-state index in [1.165, 1.54) is 5.56 Å². The summed E-state index contributed by atoms with van der Waals surface area (Å²) in [5.41, 5.74) is 6.86. The number of rotatable bonds is 2. The molecule has 3 aliphatic heterocycles. The minimum Gasteiger partial charge on any atom is -0.483 e. The number of ether oxygens (including phenoxy) is 1. The standard InChI is InChI=1S/C22H23ClN4O2/c1-13-22(28)26-25-21-12-29-20-11-17(15-4-2-3-5-18(15)23)16(10-19(20)27(13)21)14-6-8-24-9-7-14/h2-5,10-11,13-14,24H,6-9,12H2,1H3,(H,26,28). The Morgan fingerprint density at radius 1 is 1.17 bits per heavy atom. The summed E-state index contributed by atoms with van der Waals surface area (Å²) in [5, 5.41) is 8.38. The van der Waals surface area contributed by atoms with E-state index in [1.54, 1.807) is 0 Å². The number of fused-ring (bicyclic) bond motifs is 3. The van der Waals surface area contributed by atoms with Gasteiger partial charge in [-0.05, 0) is 68.1 Å². The molecule has 3 aliphatic rings. The molecule has 1 atom stereocenters. The molecular formula is C22H23ClN4O2. The van der Waals surface area contributed by atoms with Crippen LogP contribution >= 0.6 is 11.6 Å². The van der Waals surface area contributed by atoms with Crippen LogP contribution in [0.25, 0.3) is 11.1 Å². The highest BCUT2D eigenvalue weighted by Gasteiger charge is 2.36. The van der Waals surface area contributed by atoms with Crippen LogP contribution in [0.15, 0.2) is 41.5 Å². The Labute approximate surface area is 174 Å². The fourth-order valence-corrected chi connectivity index (χ4v) is 4.71. The minimum absolute atomic E-state index is 0.111. The molecule has 0 spiro atoms. The summed E-state index contributed by atoms with van der Waals surface area (Å²) in [7, 11) is 0. The van der Waals surface area contributed by atoms with Crippen molar-refractivity contribution in [3.63, 3.8) is 0 Å². The number of anilines is 1. The van der Waals surface area contributed by atoms with Crippen molar-refractivity contribution in [1.82, 2.24) is 10.7 Å². The summed E-state index contributed by atoms with van der Waals surface area (Å²) in [4.78, 5) is 14.3. The summed E-state index contributed by atoms with van der Waals surface area (Å²) in [5.74, 6) is 1.80. The SMILES string of the molecule is CC1C(=O)NN=C2COc3cc(-c4ccccc4Cl)c(C4CCNCC4)cc3N21. The molecule has 6 nitrogen and oxygen atoms in total. The van der Waals surface area contributed by atoms with Crippen molar-refractivity contribution in [2.75, 3.05) is 24.6 Å². The molecule has 0 bridgehead atoms. The predicted molar refractivity (Wildman–Crippen MR) is 115 cm³/mol. The van der Waals surface area contributed by atoms with Gasteiger partial charge in [0.15, 0.2) is 5.84 Å². The van der Waals surface area contributed by atoms with E-state index in [9.17, 15) is 4.79 Å². The third kappa shape index (κ3) is 3.16. The largest absolute Gasteiger partial charge is 0.483 e. The lowest BCUT2D eigenvalue weighted by molar-refractivity contribution is -0.122. The zero-order valence-electron chi connectivity index (χ0n) is 16.2. The first-order chi connectivity index (χ1) is 14.1. The number of halogens is 1. The number of carbonyl (C=O) groups is 1. The van der Waals surface area contributed by atoms with Crippen molar-refractivity contribution < 1.29 is 9.53 Å². The van der Waals surface area contributed by atoms with Crippen LogP contribution in [0.5, 0.6) is 5.75 Å². The average molecular weight is 411 g/mol. The molecule has 2 N–H and O–H groups in total. The van der Waals surface area contributed by atoms with Gasteiger partial charge in [-0.2, -0.15) is 5.10 Å². The van der Waals surface area contributed by atoms with Gasteiger partial charge < -0.3 is 15.0 Å². The van der Waals surface area contributed by atoms with Gasteiger partial charge in [0.05, 0.1) is 5.69 Å². The van der Waals surface area contributed by atoms with E-state index in [0.717, 1.165) is 59.4 Å². The van der Waals surface area contributed by atoms with E-state index in [-0.39, 0.29) is 11.9 Å². The molecule has 7 heteroatoms. The molecule has 0 radical (unpaired) electrons. The summed E-state index contributed by atoms with van der Waals surface area (Å²) < 4.78 is 6.04. The predicted octanol–water partition coefficient (Wildman–Crippen LogP) is 3.50. The van der Waals surface area contributed by atoms with Crippen molar-refractivity contribution >= 4 is 29.0 Å². The lowest BCUT2D eigenvalue weighted by atomic mass is 9.84. The first-order valence-electron chi connectivity index (χ1n) is 10.1. The molecule has 2 aromatic carbocycles. The minimum atomic E-state index is -0.336. The van der Waals surface area contributed by atoms with Crippen LogP contribution in [-0.4, -0.2) is 37.5 Å². The van der Waals surface area contributed by atoms with Gasteiger partial charge in [0.2, 0.25) is 0 Å². The number of amides is 1. The Hall–Kier alpha value is -2.57. The molecule has 1 saturated heterocycles. The topological polar surface area (TPSA) is 66.0 Å². The third-order valence-corrected chi connectivity index (χ3v) is 6.36. The summed E-state index contributed by atoms with van der Waals surface area (Å²) in [6, 6.07) is 11.9. The van der Waals surface area contributed by atoms with Crippen LogP contribution < -0.4 is 20.4 Å². The van der Waals surface area contributed by atoms with Crippen LogP contribution in [0.4, 0.5) is 5.69 Å². The van der Waals surface area contributed by atoms with E-state index in [2.05, 4.69) is 34.0 Å². The summed E-state index contributed by atoms with van der Waals surface area (Å²) >= 11 is 6.57. The number of nitrogens with one attached hydrogen (secondary N) is 2. The van der Waals surface area contributed by atoms with Gasteiger partial charge >= 0.3 is 0 Å². The van der Waals surface area contributed by atoms with Crippen LogP contribution in [0.1, 0.15) is 31.2 Å². The lowest BCUT2D eigenvalue weighted by Gasteiger charge is -2.39. The first kappa shape index (κ1) is 18.5. The highest BCUT2D eigenvalue weighted by molar-refractivity contribution is 6.33. The molecule has 29 heavy (non-hydrogen) atoms. The number of hydrogen-bond donors (Lipinski definition) is 2. The van der Waals surface area contributed by atoms with Crippen molar-refractivity contribution in [1.29, 1.82) is 0 Å². The molecule has 0 saturated carbocycles. The highest BCUT2D eigenvalue weighted by Crippen LogP contribution is 2.45. The van der Waals surface area contributed by atoms with E-state index in [1.807, 2.05) is 30.0 Å². The second-order valence-corrected chi connectivity index (χ2v) is 8.16. The van der Waals surface area contributed by atoms with Crippen LogP contribution in [0.3, 0.4) is 0 Å². The Bertz CT molecular complexity index is 1000. The first-order valence-corrected chi connectivity index (χ1v) is 10.4. The molecule has 1 amide bonds. The molecule has 5 rings (SSSR count). The second kappa shape index (κ2) is 7.35. The van der Waals surface area contributed by atoms with Crippen LogP contribution in [0, 0.1) is 0 Å². The maximum Gasteiger partial charge on any atom is 0.262 e. The van der Waals surface area contributed by atoms with Crippen molar-refractivity contribution in [3.05, 3.63) is 47.0 Å². The molecular weight excluding hydrogens is 388 g/mol. The van der Waals surface area contributed by atoms with E-state index in [4.69, 9.17) is 16.3 Å². The second-order valence-electron chi connectivity index (χ2n) is 7.75. The van der Waals surface area contributed by atoms with E-state index >= 15 is 0 Å². The number of amidine groups is 1. The van der Waals surface area contributed by atoms with E-state index in [0.29, 0.717) is 12.5 Å². The monoisotopic (exact) mass is 410 g/mol. The molecule has 3 heterocycles. The maximum atomic E-state index is 12.3. The van der Waals surface area contributed by atoms with Crippen LogP contribution in [-0.2, 0) is 4.79 Å². The van der Waals surface area contributed by atoms with Crippen molar-refractivity contribution in [3.8, 4) is 16.9 Å². The number of benzene rings is 2. The number of carbonyl (C=O) groups excluding carboxylic acids is 1. The third-order valence-electron chi connectivity index (χ3n) is 6.03. The average Bonchev–Trinajstić information content (AvgIpc) is 2.76. The Morgan fingerprint density at radius 2 is 1.97 bits per heavy atom. The van der Waals surface area contributed by atoms with Gasteiger partial charge in [0.25, 0.3) is 5.91 Å². The number of nitrogens with zero attached hydrogens (tertiary/aromatic N) is 2. The molecule has 2 aromatic rings. The van der Waals surface area contributed by atoms with Gasteiger partial charge in [-0.25, -0.2) is 5.43 Å². The Kier molecular flexibility index (Phi) is 4.68. The molecule has 150 valence electrons. The molecule has 1 fully saturated rings. The maximum absolute atomic E-state index is 12.3. The summed E-state index contributed by atoms with van der Waals surface area (Å²) in [6.45, 7) is 4.21. The van der Waals surface area contributed by atoms with Gasteiger partial charge in [0, 0.05) is 10.6 Å². The number of piperidine rings is 1. The lowest BCUT2D eigenvalue weighted by Crippen LogP contribution is -2.55. The Morgan fingerprint density at radius 3 is 2.76 bits per heavy atom. The van der Waals surface area contributed by atoms with Gasteiger partial charge in [-0.1, -0.05) is 29.8 Å². The molecule has 0 aliphatic carbocycles. The summed E-state index contributed by atoms with van der Waals surface area (Å²) in [6.07, 6.45) is 2.13. The number of hydrazone groups is 1. The van der Waals surface area contributed by atoms with E-state index < -0.39 is 0 Å². The van der Waals surface area contributed by atoms with Crippen molar-refractivity contribution in [2.45, 2.75) is 31.7 Å². The highest BCUT2D eigenvalue weighted by atomic mass is 35.5. The van der Waals surface area contributed by atoms with Crippen molar-refractivity contribution in [2.24, 2.45) is 5.10 Å². The van der Waals surface area contributed by atoms with Gasteiger partial charge in [0.1, 0.15) is 18.4 Å². The zero-order chi connectivity index (χ0) is 20.0. The number of hydrogen-bond acceptors (Lipinski definition) is 5. The smallest absolute Gasteiger partial charge is 0.262 e.